The number of aromatic nitrogens is 4. The number of rotatable bonds is 4. The van der Waals surface area contributed by atoms with Crippen molar-refractivity contribution >= 4 is 110 Å². The number of benzene rings is 2. The van der Waals surface area contributed by atoms with Gasteiger partial charge < -0.3 is 9.88 Å². The number of imidazole rings is 1. The Balaban J connectivity index is 1.68. The molecule has 0 saturated carbocycles. The van der Waals surface area contributed by atoms with Gasteiger partial charge in [0.05, 0.1) is 23.7 Å². The summed E-state index contributed by atoms with van der Waals surface area (Å²) in [4.78, 5) is 16.9. The lowest BCUT2D eigenvalue weighted by molar-refractivity contribution is -0.112. The molecule has 6 nitrogen and oxygen atoms in total. The first-order valence-corrected chi connectivity index (χ1v) is 9.92. The van der Waals surface area contributed by atoms with Gasteiger partial charge in [0.1, 0.15) is 54.9 Å². The largest absolute Gasteiger partial charge is 0.334 e. The summed E-state index contributed by atoms with van der Waals surface area (Å²) in [5, 5.41) is 11.5. The summed E-state index contributed by atoms with van der Waals surface area (Å²) in [6.45, 7) is 0. The zero-order chi connectivity index (χ0) is 24.7. The first-order chi connectivity index (χ1) is 16.1. The number of carbonyl (C=O) groups excluding carboxylic acids is 1. The van der Waals surface area contributed by atoms with Crippen molar-refractivity contribution < 1.29 is 4.79 Å². The van der Waals surface area contributed by atoms with Crippen LogP contribution in [0, 0.1) is 0 Å². The first kappa shape index (κ1) is 23.8. The minimum absolute atomic E-state index is 0.0116. The molecule has 0 atom stereocenters. The van der Waals surface area contributed by atoms with Gasteiger partial charge in [-0.25, -0.2) is 4.98 Å². The van der Waals surface area contributed by atoms with Crippen molar-refractivity contribution in [3.05, 3.63) is 47.8 Å². The van der Waals surface area contributed by atoms with Crippen molar-refractivity contribution in [1.29, 1.82) is 0 Å². The van der Waals surface area contributed by atoms with Crippen LogP contribution in [0.25, 0.3) is 27.6 Å². The Hall–Kier alpha value is -3.35. The molecule has 0 unspecified atom stereocenters. The summed E-state index contributed by atoms with van der Waals surface area (Å²) in [6.07, 6.45) is 3.46. The SMILES string of the molecule is [B]/C(C(=O)Nc1cc2cc(-c3cncn3C)ccc2nn1)=C(/[B])c1c([B])c([B])c([B])c([B])c1[B]. The molecule has 4 aromatic rings. The Morgan fingerprint density at radius 1 is 0.912 bits per heavy atom. The van der Waals surface area contributed by atoms with Gasteiger partial charge in [-0.3, -0.25) is 4.79 Å². The van der Waals surface area contributed by atoms with Gasteiger partial charge in [-0.2, -0.15) is 0 Å². The summed E-state index contributed by atoms with van der Waals surface area (Å²) in [7, 11) is 43.5. The van der Waals surface area contributed by atoms with Crippen LogP contribution in [0.3, 0.4) is 0 Å². The van der Waals surface area contributed by atoms with Crippen molar-refractivity contribution in [2.24, 2.45) is 7.05 Å². The minimum atomic E-state index is -0.748. The van der Waals surface area contributed by atoms with Gasteiger partial charge in [0.2, 0.25) is 5.91 Å². The van der Waals surface area contributed by atoms with Crippen molar-refractivity contribution in [3.63, 3.8) is 0 Å². The molecular formula is C21H10B7N5O. The first-order valence-electron chi connectivity index (χ1n) is 9.92. The van der Waals surface area contributed by atoms with Crippen molar-refractivity contribution in [1.82, 2.24) is 19.7 Å². The lowest BCUT2D eigenvalue weighted by Crippen LogP contribution is -2.56. The third-order valence-electron chi connectivity index (χ3n) is 5.44. The number of carbonyl (C=O) groups is 1. The smallest absolute Gasteiger partial charge is 0.241 e. The molecule has 0 aliphatic rings. The normalized spacial score (nSPS) is 11.9. The van der Waals surface area contributed by atoms with Gasteiger partial charge in [-0.15, -0.1) is 26.6 Å². The number of anilines is 1. The quantitative estimate of drug-likeness (QED) is 0.275. The van der Waals surface area contributed by atoms with Crippen molar-refractivity contribution in [2.45, 2.75) is 0 Å². The van der Waals surface area contributed by atoms with Crippen LogP contribution < -0.4 is 32.6 Å². The van der Waals surface area contributed by atoms with E-state index in [4.69, 9.17) is 54.9 Å². The fourth-order valence-electron chi connectivity index (χ4n) is 3.48. The zero-order valence-corrected chi connectivity index (χ0v) is 18.2. The van der Waals surface area contributed by atoms with E-state index >= 15 is 0 Å². The van der Waals surface area contributed by atoms with Crippen molar-refractivity contribution in [3.8, 4) is 11.3 Å². The molecule has 0 fully saturated rings. The van der Waals surface area contributed by atoms with E-state index in [1.54, 1.807) is 18.6 Å². The maximum Gasteiger partial charge on any atom is 0.241 e. The molecule has 0 saturated heterocycles. The highest BCUT2D eigenvalue weighted by molar-refractivity contribution is 6.70. The summed E-state index contributed by atoms with van der Waals surface area (Å²) in [5.41, 5.74) is 1.85. The fourth-order valence-corrected chi connectivity index (χ4v) is 3.48. The van der Waals surface area contributed by atoms with Gasteiger partial charge in [0.15, 0.2) is 5.82 Å². The lowest BCUT2D eigenvalue weighted by Gasteiger charge is -2.23. The standard InChI is InChI=1S/C21H10B7N5O/c1-33-7-29-6-11(33)8-2-3-10-9(4-8)5-12(32-31-10)30-21(34)20(28)16(24)13-14(22)17(25)19(27)18(26)15(13)23/h2-7H,1H3,(H,30,32,34)/b20-16+. The molecule has 14 radical (unpaired) electrons. The predicted octanol–water partition coefficient (Wildman–Crippen LogP) is -3.36. The van der Waals surface area contributed by atoms with Gasteiger partial charge >= 0.3 is 0 Å². The Morgan fingerprint density at radius 2 is 1.56 bits per heavy atom. The number of nitrogens with zero attached hydrogens (tertiary/aromatic N) is 4. The average molecular weight is 424 g/mol. The highest BCUT2D eigenvalue weighted by Gasteiger charge is 2.16. The van der Waals surface area contributed by atoms with Crippen LogP contribution in [-0.4, -0.2) is 80.6 Å². The fraction of sp³-hybridized carbons (Fsp3) is 0.0476. The van der Waals surface area contributed by atoms with Crippen molar-refractivity contribution in [2.75, 3.05) is 5.32 Å². The predicted molar refractivity (Wildman–Crippen MR) is 142 cm³/mol. The van der Waals surface area contributed by atoms with E-state index in [9.17, 15) is 4.79 Å². The molecule has 13 heteroatoms. The molecule has 0 aliphatic carbocycles. The second kappa shape index (κ2) is 9.13. The van der Waals surface area contributed by atoms with Gasteiger partial charge in [0, 0.05) is 18.0 Å². The Kier molecular flexibility index (Phi) is 6.39. The number of hydrogen-bond acceptors (Lipinski definition) is 4. The molecule has 146 valence electrons. The number of hydrogen-bond donors (Lipinski definition) is 1. The summed E-state index contributed by atoms with van der Waals surface area (Å²) < 4.78 is 1.89. The molecule has 2 heterocycles. The molecular weight excluding hydrogens is 414 g/mol. The zero-order valence-electron chi connectivity index (χ0n) is 18.2. The van der Waals surface area contributed by atoms with E-state index in [2.05, 4.69) is 20.5 Å². The minimum Gasteiger partial charge on any atom is -0.334 e. The van der Waals surface area contributed by atoms with Crippen LogP contribution in [-0.2, 0) is 11.8 Å². The van der Waals surface area contributed by atoms with E-state index in [0.717, 1.165) is 16.6 Å². The maximum absolute atomic E-state index is 12.8. The maximum atomic E-state index is 12.8. The van der Waals surface area contributed by atoms with Crippen LogP contribution in [0.15, 0.2) is 42.3 Å². The molecule has 4 rings (SSSR count). The second-order valence-corrected chi connectivity index (χ2v) is 7.62. The molecule has 1 N–H and O–H groups in total. The van der Waals surface area contributed by atoms with E-state index in [1.165, 1.54) is 0 Å². The summed E-state index contributed by atoms with van der Waals surface area (Å²) in [5.74, 6) is -0.589. The van der Waals surface area contributed by atoms with Crippen LogP contribution in [0.5, 0.6) is 0 Å². The second-order valence-electron chi connectivity index (χ2n) is 7.62. The van der Waals surface area contributed by atoms with Gasteiger partial charge in [-0.05, 0) is 29.2 Å². The van der Waals surface area contributed by atoms with Crippen LogP contribution in [0.1, 0.15) is 5.56 Å². The monoisotopic (exact) mass is 425 g/mol. The number of amides is 1. The van der Waals surface area contributed by atoms with Crippen LogP contribution in [0.2, 0.25) is 0 Å². The highest BCUT2D eigenvalue weighted by Crippen LogP contribution is 2.24. The van der Waals surface area contributed by atoms with E-state index in [-0.39, 0.29) is 49.6 Å². The Bertz CT molecular complexity index is 1470. The Labute approximate surface area is 206 Å². The van der Waals surface area contributed by atoms with Crippen LogP contribution >= 0.6 is 0 Å². The van der Waals surface area contributed by atoms with E-state index < -0.39 is 5.91 Å². The molecule has 0 aliphatic heterocycles. The Morgan fingerprint density at radius 3 is 2.18 bits per heavy atom. The summed E-state index contributed by atoms with van der Waals surface area (Å²) in [6, 6.07) is 7.30. The summed E-state index contributed by atoms with van der Waals surface area (Å²) >= 11 is 0. The third kappa shape index (κ3) is 4.15. The molecule has 1 amide bonds. The van der Waals surface area contributed by atoms with Gasteiger partial charge in [0.25, 0.3) is 0 Å². The molecule has 0 bridgehead atoms. The van der Waals surface area contributed by atoms with E-state index in [1.807, 2.05) is 29.8 Å². The average Bonchev–Trinajstić information content (AvgIpc) is 3.26. The molecule has 2 aromatic heterocycles. The van der Waals surface area contributed by atoms with Crippen LogP contribution in [0.4, 0.5) is 5.82 Å². The molecule has 34 heavy (non-hydrogen) atoms. The number of aryl methyl sites for hydroxylation is 1. The molecule has 2 aromatic carbocycles. The number of fused-ring (bicyclic) bond motifs is 1. The van der Waals surface area contributed by atoms with E-state index in [0.29, 0.717) is 5.52 Å². The molecule has 0 spiro atoms. The topological polar surface area (TPSA) is 72.7 Å². The van der Waals surface area contributed by atoms with Gasteiger partial charge in [-0.1, -0.05) is 22.5 Å². The number of nitrogens with one attached hydrogen (secondary N) is 1. The third-order valence-corrected chi connectivity index (χ3v) is 5.44. The lowest BCUT2D eigenvalue weighted by atomic mass is 9.57. The highest BCUT2D eigenvalue weighted by atomic mass is 16.1.